The fourth-order valence-electron chi connectivity index (χ4n) is 2.03. The molecule has 2 rings (SSSR count). The number of thioether (sulfide) groups is 1. The highest BCUT2D eigenvalue weighted by Gasteiger charge is 2.14. The molecule has 0 radical (unpaired) electrons. The first-order valence-electron chi connectivity index (χ1n) is 7.56. The van der Waals surface area contributed by atoms with E-state index in [0.717, 1.165) is 29.5 Å². The highest BCUT2D eigenvalue weighted by atomic mass is 32.2. The van der Waals surface area contributed by atoms with Crippen molar-refractivity contribution >= 4 is 17.7 Å². The molecule has 5 nitrogen and oxygen atoms in total. The molecule has 1 amide bonds. The van der Waals surface area contributed by atoms with Gasteiger partial charge in [0.1, 0.15) is 0 Å². The van der Waals surface area contributed by atoms with Crippen LogP contribution in [-0.4, -0.2) is 32.5 Å². The van der Waals surface area contributed by atoms with Crippen molar-refractivity contribution in [3.05, 3.63) is 30.3 Å². The van der Waals surface area contributed by atoms with E-state index in [0.29, 0.717) is 5.75 Å². The highest BCUT2D eigenvalue weighted by molar-refractivity contribution is 7.99. The summed E-state index contributed by atoms with van der Waals surface area (Å²) in [7, 11) is 0. The molecule has 0 aliphatic rings. The SMILES string of the molecule is CC[C@H](C)NC(=O)CSc1nnc(-c2ccccc2)n1CC. The number of carbonyl (C=O) groups excluding carboxylic acids is 1. The molecule has 6 heteroatoms. The normalized spacial score (nSPS) is 12.1. The Bertz CT molecular complexity index is 612. The summed E-state index contributed by atoms with van der Waals surface area (Å²) < 4.78 is 2.04. The third-order valence-electron chi connectivity index (χ3n) is 3.42. The molecular weight excluding hydrogens is 296 g/mol. The van der Waals surface area contributed by atoms with Crippen molar-refractivity contribution in [2.24, 2.45) is 0 Å². The summed E-state index contributed by atoms with van der Waals surface area (Å²) in [5.41, 5.74) is 1.03. The maximum Gasteiger partial charge on any atom is 0.230 e. The van der Waals surface area contributed by atoms with Gasteiger partial charge in [-0.1, -0.05) is 49.0 Å². The molecule has 0 aliphatic heterocycles. The van der Waals surface area contributed by atoms with Gasteiger partial charge >= 0.3 is 0 Å². The van der Waals surface area contributed by atoms with Crippen molar-refractivity contribution in [2.75, 3.05) is 5.75 Å². The molecule has 0 bridgehead atoms. The first-order chi connectivity index (χ1) is 10.7. The molecule has 1 aromatic carbocycles. The Kier molecular flexibility index (Phi) is 6.00. The van der Waals surface area contributed by atoms with Gasteiger partial charge in [0.25, 0.3) is 0 Å². The molecule has 0 saturated heterocycles. The van der Waals surface area contributed by atoms with Crippen LogP contribution in [0.15, 0.2) is 35.5 Å². The first-order valence-corrected chi connectivity index (χ1v) is 8.55. The van der Waals surface area contributed by atoms with Gasteiger partial charge in [-0.3, -0.25) is 4.79 Å². The molecule has 2 aromatic rings. The Morgan fingerprint density at radius 2 is 2.00 bits per heavy atom. The first kappa shape index (κ1) is 16.5. The number of nitrogens with one attached hydrogen (secondary N) is 1. The number of hydrogen-bond acceptors (Lipinski definition) is 4. The fourth-order valence-corrected chi connectivity index (χ4v) is 2.84. The predicted octanol–water partition coefficient (Wildman–Crippen LogP) is 2.97. The van der Waals surface area contributed by atoms with E-state index in [1.165, 1.54) is 11.8 Å². The molecule has 22 heavy (non-hydrogen) atoms. The van der Waals surface area contributed by atoms with Gasteiger partial charge in [0.05, 0.1) is 5.75 Å². The van der Waals surface area contributed by atoms with E-state index >= 15 is 0 Å². The molecule has 1 aromatic heterocycles. The van der Waals surface area contributed by atoms with Gasteiger partial charge in [-0.05, 0) is 20.3 Å². The smallest absolute Gasteiger partial charge is 0.230 e. The Labute approximate surface area is 135 Å². The standard InChI is InChI=1S/C16H22N4OS/c1-4-12(3)17-14(21)11-22-16-19-18-15(20(16)5-2)13-9-7-6-8-10-13/h6-10,12H,4-5,11H2,1-3H3,(H,17,21)/t12-/m0/s1. The van der Waals surface area contributed by atoms with Crippen LogP contribution in [0.2, 0.25) is 0 Å². The lowest BCUT2D eigenvalue weighted by molar-refractivity contribution is -0.119. The third kappa shape index (κ3) is 4.10. The summed E-state index contributed by atoms with van der Waals surface area (Å²) in [5, 5.41) is 12.2. The van der Waals surface area contributed by atoms with Gasteiger partial charge in [-0.15, -0.1) is 10.2 Å². The molecule has 0 saturated carbocycles. The summed E-state index contributed by atoms with van der Waals surface area (Å²) in [6.07, 6.45) is 0.930. The van der Waals surface area contributed by atoms with Crippen LogP contribution in [0.25, 0.3) is 11.4 Å². The van der Waals surface area contributed by atoms with Crippen molar-refractivity contribution in [3.63, 3.8) is 0 Å². The molecule has 0 fully saturated rings. The number of nitrogens with zero attached hydrogens (tertiary/aromatic N) is 3. The lowest BCUT2D eigenvalue weighted by Crippen LogP contribution is -2.33. The number of carbonyl (C=O) groups is 1. The van der Waals surface area contributed by atoms with E-state index in [9.17, 15) is 4.79 Å². The maximum atomic E-state index is 11.9. The van der Waals surface area contributed by atoms with Crippen LogP contribution in [0.1, 0.15) is 27.2 Å². The summed E-state index contributed by atoms with van der Waals surface area (Å²) in [6, 6.07) is 10.2. The average molecular weight is 318 g/mol. The van der Waals surface area contributed by atoms with Crippen LogP contribution < -0.4 is 5.32 Å². The maximum absolute atomic E-state index is 11.9. The summed E-state index contributed by atoms with van der Waals surface area (Å²) in [5.74, 6) is 1.23. The zero-order chi connectivity index (χ0) is 15.9. The van der Waals surface area contributed by atoms with E-state index < -0.39 is 0 Å². The zero-order valence-electron chi connectivity index (χ0n) is 13.2. The average Bonchev–Trinajstić information content (AvgIpc) is 2.96. The monoisotopic (exact) mass is 318 g/mol. The lowest BCUT2D eigenvalue weighted by atomic mass is 10.2. The fraction of sp³-hybridized carbons (Fsp3) is 0.438. The number of amides is 1. The second kappa shape index (κ2) is 7.98. The van der Waals surface area contributed by atoms with Crippen molar-refractivity contribution in [1.82, 2.24) is 20.1 Å². The van der Waals surface area contributed by atoms with Crippen LogP contribution in [0.4, 0.5) is 0 Å². The van der Waals surface area contributed by atoms with Gasteiger partial charge in [0.2, 0.25) is 5.91 Å². The Morgan fingerprint density at radius 1 is 1.27 bits per heavy atom. The number of hydrogen-bond donors (Lipinski definition) is 1. The van der Waals surface area contributed by atoms with Gasteiger partial charge in [0, 0.05) is 18.2 Å². The van der Waals surface area contributed by atoms with Crippen LogP contribution >= 0.6 is 11.8 Å². The quantitative estimate of drug-likeness (QED) is 0.797. The van der Waals surface area contributed by atoms with Crippen LogP contribution in [-0.2, 0) is 11.3 Å². The topological polar surface area (TPSA) is 59.8 Å². The second-order valence-electron chi connectivity index (χ2n) is 5.08. The predicted molar refractivity (Wildman–Crippen MR) is 89.8 cm³/mol. The minimum Gasteiger partial charge on any atom is -0.353 e. The summed E-state index contributed by atoms with van der Waals surface area (Å²) in [4.78, 5) is 11.9. The molecule has 1 heterocycles. The minimum atomic E-state index is 0.0336. The molecule has 118 valence electrons. The summed E-state index contributed by atoms with van der Waals surface area (Å²) in [6.45, 7) is 6.88. The minimum absolute atomic E-state index is 0.0336. The van der Waals surface area contributed by atoms with Crippen molar-refractivity contribution in [1.29, 1.82) is 0 Å². The molecule has 1 N–H and O–H groups in total. The largest absolute Gasteiger partial charge is 0.353 e. The van der Waals surface area contributed by atoms with E-state index in [2.05, 4.69) is 29.4 Å². The van der Waals surface area contributed by atoms with Crippen molar-refractivity contribution < 1.29 is 4.79 Å². The van der Waals surface area contributed by atoms with E-state index in [1.54, 1.807) is 0 Å². The van der Waals surface area contributed by atoms with Crippen LogP contribution in [0, 0.1) is 0 Å². The molecular formula is C16H22N4OS. The third-order valence-corrected chi connectivity index (χ3v) is 4.38. The van der Waals surface area contributed by atoms with Gasteiger partial charge < -0.3 is 9.88 Å². The van der Waals surface area contributed by atoms with E-state index in [1.807, 2.05) is 41.8 Å². The van der Waals surface area contributed by atoms with Crippen molar-refractivity contribution in [3.8, 4) is 11.4 Å². The van der Waals surface area contributed by atoms with Gasteiger partial charge in [-0.2, -0.15) is 0 Å². The summed E-state index contributed by atoms with van der Waals surface area (Å²) >= 11 is 1.43. The Morgan fingerprint density at radius 3 is 2.64 bits per heavy atom. The van der Waals surface area contributed by atoms with E-state index in [-0.39, 0.29) is 11.9 Å². The molecule has 1 atom stereocenters. The number of rotatable bonds is 7. The van der Waals surface area contributed by atoms with Crippen molar-refractivity contribution in [2.45, 2.75) is 44.9 Å². The zero-order valence-corrected chi connectivity index (χ0v) is 14.1. The van der Waals surface area contributed by atoms with Gasteiger partial charge in [0.15, 0.2) is 11.0 Å². The Hall–Kier alpha value is -1.82. The highest BCUT2D eigenvalue weighted by Crippen LogP contribution is 2.23. The molecule has 0 unspecified atom stereocenters. The number of benzene rings is 1. The lowest BCUT2D eigenvalue weighted by Gasteiger charge is -2.11. The Balaban J connectivity index is 2.07. The van der Waals surface area contributed by atoms with Gasteiger partial charge in [-0.25, -0.2) is 0 Å². The second-order valence-corrected chi connectivity index (χ2v) is 6.02. The number of aromatic nitrogens is 3. The molecule has 0 aliphatic carbocycles. The van der Waals surface area contributed by atoms with E-state index in [4.69, 9.17) is 0 Å². The van der Waals surface area contributed by atoms with Crippen LogP contribution in [0.5, 0.6) is 0 Å². The molecule has 0 spiro atoms. The van der Waals surface area contributed by atoms with Crippen LogP contribution in [0.3, 0.4) is 0 Å².